The van der Waals surface area contributed by atoms with Crippen molar-refractivity contribution < 1.29 is 9.18 Å². The SMILES string of the molecule is CNc1ncccc1C(=O)N(C)c1ccc(F)cc1. The molecule has 1 aromatic carbocycles. The average molecular weight is 259 g/mol. The third-order valence-corrected chi connectivity index (χ3v) is 2.79. The predicted octanol–water partition coefficient (Wildman–Crippen LogP) is 2.54. The van der Waals surface area contributed by atoms with Gasteiger partial charge in [0.2, 0.25) is 0 Å². The van der Waals surface area contributed by atoms with Crippen LogP contribution in [0, 0.1) is 5.82 Å². The van der Waals surface area contributed by atoms with Crippen LogP contribution in [0.3, 0.4) is 0 Å². The van der Waals surface area contributed by atoms with Crippen molar-refractivity contribution in [2.24, 2.45) is 0 Å². The molecule has 0 atom stereocenters. The van der Waals surface area contributed by atoms with Gasteiger partial charge >= 0.3 is 0 Å². The van der Waals surface area contributed by atoms with Gasteiger partial charge in [-0.2, -0.15) is 0 Å². The summed E-state index contributed by atoms with van der Waals surface area (Å²) >= 11 is 0. The number of amides is 1. The number of anilines is 2. The highest BCUT2D eigenvalue weighted by Gasteiger charge is 2.17. The van der Waals surface area contributed by atoms with Crippen molar-refractivity contribution in [3.8, 4) is 0 Å². The van der Waals surface area contributed by atoms with Gasteiger partial charge in [-0.3, -0.25) is 4.79 Å². The number of nitrogens with one attached hydrogen (secondary N) is 1. The number of benzene rings is 1. The second-order valence-corrected chi connectivity index (χ2v) is 3.99. The van der Waals surface area contributed by atoms with Crippen molar-refractivity contribution in [3.63, 3.8) is 0 Å². The molecule has 1 heterocycles. The van der Waals surface area contributed by atoms with E-state index < -0.39 is 0 Å². The lowest BCUT2D eigenvalue weighted by atomic mass is 10.2. The maximum absolute atomic E-state index is 12.9. The van der Waals surface area contributed by atoms with Crippen molar-refractivity contribution in [1.82, 2.24) is 4.98 Å². The summed E-state index contributed by atoms with van der Waals surface area (Å²) in [5.41, 5.74) is 1.09. The van der Waals surface area contributed by atoms with E-state index in [4.69, 9.17) is 0 Å². The van der Waals surface area contributed by atoms with Crippen molar-refractivity contribution in [2.75, 3.05) is 24.3 Å². The zero-order valence-electron chi connectivity index (χ0n) is 10.7. The molecule has 0 fully saturated rings. The summed E-state index contributed by atoms with van der Waals surface area (Å²) in [7, 11) is 3.35. The molecule has 1 aromatic heterocycles. The molecular weight excluding hydrogens is 245 g/mol. The highest BCUT2D eigenvalue weighted by Crippen LogP contribution is 2.19. The topological polar surface area (TPSA) is 45.2 Å². The van der Waals surface area contributed by atoms with E-state index in [0.717, 1.165) is 0 Å². The minimum Gasteiger partial charge on any atom is -0.372 e. The number of hydrogen-bond donors (Lipinski definition) is 1. The second-order valence-electron chi connectivity index (χ2n) is 3.99. The number of carbonyl (C=O) groups is 1. The Morgan fingerprint density at radius 1 is 1.26 bits per heavy atom. The first kappa shape index (κ1) is 13.0. The van der Waals surface area contributed by atoms with Gasteiger partial charge in [0.1, 0.15) is 11.6 Å². The number of nitrogens with zero attached hydrogens (tertiary/aromatic N) is 2. The number of hydrogen-bond acceptors (Lipinski definition) is 3. The van der Waals surface area contributed by atoms with Crippen LogP contribution >= 0.6 is 0 Å². The third-order valence-electron chi connectivity index (χ3n) is 2.79. The fourth-order valence-corrected chi connectivity index (χ4v) is 1.74. The van der Waals surface area contributed by atoms with Gasteiger partial charge in [0.25, 0.3) is 5.91 Å². The number of aromatic nitrogens is 1. The minimum atomic E-state index is -0.332. The quantitative estimate of drug-likeness (QED) is 0.921. The van der Waals surface area contributed by atoms with E-state index in [0.29, 0.717) is 17.1 Å². The highest BCUT2D eigenvalue weighted by molar-refractivity contribution is 6.08. The van der Waals surface area contributed by atoms with Gasteiger partial charge in [-0.1, -0.05) is 0 Å². The van der Waals surface area contributed by atoms with Crippen LogP contribution in [0.25, 0.3) is 0 Å². The van der Waals surface area contributed by atoms with E-state index in [1.165, 1.54) is 17.0 Å². The van der Waals surface area contributed by atoms with E-state index in [1.54, 1.807) is 44.6 Å². The molecule has 1 amide bonds. The third kappa shape index (κ3) is 2.70. The molecule has 2 rings (SSSR count). The molecular formula is C14H14FN3O. The molecule has 0 aliphatic heterocycles. The fraction of sp³-hybridized carbons (Fsp3) is 0.143. The van der Waals surface area contributed by atoms with Gasteiger partial charge in [-0.15, -0.1) is 0 Å². The number of carbonyl (C=O) groups excluding carboxylic acids is 1. The van der Waals surface area contributed by atoms with Crippen LogP contribution in [-0.4, -0.2) is 25.0 Å². The Bertz CT molecular complexity index is 583. The fourth-order valence-electron chi connectivity index (χ4n) is 1.74. The van der Waals surface area contributed by atoms with Gasteiger partial charge in [0.05, 0.1) is 5.56 Å². The van der Waals surface area contributed by atoms with E-state index in [9.17, 15) is 9.18 Å². The van der Waals surface area contributed by atoms with Gasteiger partial charge in [0.15, 0.2) is 0 Å². The lowest BCUT2D eigenvalue weighted by Gasteiger charge is -2.18. The molecule has 2 aromatic rings. The van der Waals surface area contributed by atoms with Crippen molar-refractivity contribution in [2.45, 2.75) is 0 Å². The Balaban J connectivity index is 2.30. The monoisotopic (exact) mass is 259 g/mol. The van der Waals surface area contributed by atoms with E-state index in [2.05, 4.69) is 10.3 Å². The molecule has 0 aliphatic rings. The maximum Gasteiger partial charge on any atom is 0.261 e. The normalized spacial score (nSPS) is 10.1. The van der Waals surface area contributed by atoms with Crippen LogP contribution < -0.4 is 10.2 Å². The molecule has 19 heavy (non-hydrogen) atoms. The minimum absolute atomic E-state index is 0.205. The second kappa shape index (κ2) is 5.48. The standard InChI is InChI=1S/C14H14FN3O/c1-16-13-12(4-3-9-17-13)14(19)18(2)11-7-5-10(15)6-8-11/h3-9H,1-2H3,(H,16,17). The summed E-state index contributed by atoms with van der Waals surface area (Å²) in [4.78, 5) is 17.9. The van der Waals surface area contributed by atoms with Gasteiger partial charge < -0.3 is 10.2 Å². The van der Waals surface area contributed by atoms with Crippen molar-refractivity contribution >= 4 is 17.4 Å². The first-order valence-electron chi connectivity index (χ1n) is 5.80. The molecule has 4 nitrogen and oxygen atoms in total. The molecule has 0 radical (unpaired) electrons. The Hall–Kier alpha value is -2.43. The maximum atomic E-state index is 12.9. The van der Waals surface area contributed by atoms with Crippen LogP contribution in [0.1, 0.15) is 10.4 Å². The number of halogens is 1. The summed E-state index contributed by atoms with van der Waals surface area (Å²) in [6, 6.07) is 9.15. The van der Waals surface area contributed by atoms with Gasteiger partial charge in [-0.05, 0) is 36.4 Å². The summed E-state index contributed by atoms with van der Waals surface area (Å²) < 4.78 is 12.9. The van der Waals surface area contributed by atoms with E-state index in [-0.39, 0.29) is 11.7 Å². The first-order valence-corrected chi connectivity index (χ1v) is 5.80. The summed E-state index contributed by atoms with van der Waals surface area (Å²) in [6.45, 7) is 0. The Morgan fingerprint density at radius 3 is 2.58 bits per heavy atom. The van der Waals surface area contributed by atoms with Gasteiger partial charge in [0, 0.05) is 26.0 Å². The molecule has 0 bridgehead atoms. The summed E-state index contributed by atoms with van der Waals surface area (Å²) in [5.74, 6) is -0.0209. The van der Waals surface area contributed by atoms with Gasteiger partial charge in [-0.25, -0.2) is 9.37 Å². The number of pyridine rings is 1. The summed E-state index contributed by atoms with van der Waals surface area (Å²) in [6.07, 6.45) is 1.61. The van der Waals surface area contributed by atoms with Crippen LogP contribution in [0.4, 0.5) is 15.9 Å². The van der Waals surface area contributed by atoms with Crippen LogP contribution in [0.2, 0.25) is 0 Å². The van der Waals surface area contributed by atoms with E-state index >= 15 is 0 Å². The smallest absolute Gasteiger partial charge is 0.261 e. The van der Waals surface area contributed by atoms with E-state index in [1.807, 2.05) is 0 Å². The molecule has 0 aliphatic carbocycles. The zero-order valence-corrected chi connectivity index (χ0v) is 10.7. The van der Waals surface area contributed by atoms with Crippen molar-refractivity contribution in [1.29, 1.82) is 0 Å². The Morgan fingerprint density at radius 2 is 1.95 bits per heavy atom. The Labute approximate surface area is 110 Å². The highest BCUT2D eigenvalue weighted by atomic mass is 19.1. The Kier molecular flexibility index (Phi) is 3.75. The molecule has 0 saturated carbocycles. The molecule has 5 heteroatoms. The molecule has 98 valence electrons. The predicted molar refractivity (Wildman–Crippen MR) is 72.9 cm³/mol. The molecule has 1 N–H and O–H groups in total. The lowest BCUT2D eigenvalue weighted by Crippen LogP contribution is -2.27. The first-order chi connectivity index (χ1) is 9.13. The van der Waals surface area contributed by atoms with Crippen molar-refractivity contribution in [3.05, 3.63) is 54.0 Å². The zero-order chi connectivity index (χ0) is 13.8. The molecule has 0 unspecified atom stereocenters. The average Bonchev–Trinajstić information content (AvgIpc) is 2.46. The lowest BCUT2D eigenvalue weighted by molar-refractivity contribution is 0.0993. The largest absolute Gasteiger partial charge is 0.372 e. The molecule has 0 saturated heterocycles. The summed E-state index contributed by atoms with van der Waals surface area (Å²) in [5, 5.41) is 2.87. The van der Waals surface area contributed by atoms with Crippen LogP contribution in [0.5, 0.6) is 0 Å². The number of rotatable bonds is 3. The van der Waals surface area contributed by atoms with Crippen LogP contribution in [0.15, 0.2) is 42.6 Å². The molecule has 0 spiro atoms. The van der Waals surface area contributed by atoms with Crippen LogP contribution in [-0.2, 0) is 0 Å².